The standard InChI is InChI=1S/C31H33F2N3O8S/c1-15-23-26(38)36(31(2,3)28(39)40)30(41)35(27(23)45-24(15)25-34-8-9-42-25)14-22(20-6-4-5-7-21(20)44-29(32)33)43-19-12-16-10-18(37)11-17(16)13-19/h4-9,16-19,22,29,37H,10-14H2,1-3H3,(H,39,40)/t16-,17?,18-,19+,22?/m0/s1. The maximum atomic E-state index is 14.2. The van der Waals surface area contributed by atoms with Crippen LogP contribution in [0.1, 0.15) is 56.8 Å². The van der Waals surface area contributed by atoms with Gasteiger partial charge in [-0.1, -0.05) is 18.2 Å². The minimum Gasteiger partial charge on any atom is -0.480 e. The van der Waals surface area contributed by atoms with Crippen molar-refractivity contribution in [3.63, 3.8) is 0 Å². The first kappa shape index (κ1) is 31.1. The van der Waals surface area contributed by atoms with Gasteiger partial charge >= 0.3 is 18.3 Å². The average Bonchev–Trinajstić information content (AvgIpc) is 3.74. The van der Waals surface area contributed by atoms with Gasteiger partial charge in [-0.25, -0.2) is 19.1 Å². The number of thiophene rings is 1. The number of alkyl halides is 2. The zero-order valence-electron chi connectivity index (χ0n) is 24.8. The number of carboxylic acid groups (broad SMARTS) is 1. The molecule has 6 rings (SSSR count). The SMILES string of the molecule is Cc1c(-c2ncco2)sc2c1c(=O)n(C(C)(C)C(=O)O)c(=O)n2CC(O[C@H]1CC2C[C@@H](O)C[C@H]2C1)c1ccccc1OC(F)F. The lowest BCUT2D eigenvalue weighted by atomic mass is 10.0. The molecule has 5 atom stereocenters. The summed E-state index contributed by atoms with van der Waals surface area (Å²) in [5, 5.41) is 20.3. The third kappa shape index (κ3) is 5.59. The Kier molecular flexibility index (Phi) is 8.16. The molecule has 3 aromatic heterocycles. The molecular weight excluding hydrogens is 612 g/mol. The van der Waals surface area contributed by atoms with E-state index in [4.69, 9.17) is 13.9 Å². The van der Waals surface area contributed by atoms with Crippen molar-refractivity contribution in [1.29, 1.82) is 0 Å². The molecule has 14 heteroatoms. The smallest absolute Gasteiger partial charge is 0.387 e. The fraction of sp³-hybridized carbons (Fsp3) is 0.484. The summed E-state index contributed by atoms with van der Waals surface area (Å²) in [6.07, 6.45) is 3.79. The number of carbonyl (C=O) groups is 1. The van der Waals surface area contributed by atoms with Crippen molar-refractivity contribution in [3.05, 3.63) is 68.7 Å². The molecule has 2 unspecified atom stereocenters. The topological polar surface area (TPSA) is 146 Å². The summed E-state index contributed by atoms with van der Waals surface area (Å²) in [5.74, 6) is -0.781. The molecule has 2 fully saturated rings. The van der Waals surface area contributed by atoms with Crippen LogP contribution >= 0.6 is 11.3 Å². The molecule has 4 aromatic rings. The van der Waals surface area contributed by atoms with Crippen LogP contribution < -0.4 is 16.0 Å². The summed E-state index contributed by atoms with van der Waals surface area (Å²) in [6, 6.07) is 6.16. The van der Waals surface area contributed by atoms with Crippen LogP contribution in [0, 0.1) is 18.8 Å². The van der Waals surface area contributed by atoms with E-state index in [0.717, 1.165) is 11.3 Å². The normalized spacial score (nSPS) is 22.3. The summed E-state index contributed by atoms with van der Waals surface area (Å²) in [4.78, 5) is 45.4. The Morgan fingerprint density at radius 1 is 1.18 bits per heavy atom. The van der Waals surface area contributed by atoms with Crippen molar-refractivity contribution in [2.45, 2.75) is 83.5 Å². The van der Waals surface area contributed by atoms with Crippen molar-refractivity contribution in [1.82, 2.24) is 14.1 Å². The molecular formula is C31H33F2N3O8S. The quantitative estimate of drug-likeness (QED) is 0.246. The lowest BCUT2D eigenvalue weighted by molar-refractivity contribution is -0.146. The predicted molar refractivity (Wildman–Crippen MR) is 160 cm³/mol. The van der Waals surface area contributed by atoms with E-state index in [1.165, 1.54) is 36.9 Å². The summed E-state index contributed by atoms with van der Waals surface area (Å²) in [5.41, 5.74) is -2.89. The highest BCUT2D eigenvalue weighted by Gasteiger charge is 2.43. The molecule has 0 radical (unpaired) electrons. The fourth-order valence-electron chi connectivity index (χ4n) is 6.84. The first-order valence-corrected chi connectivity index (χ1v) is 15.5. The van der Waals surface area contributed by atoms with E-state index in [2.05, 4.69) is 4.98 Å². The van der Waals surface area contributed by atoms with E-state index in [-0.39, 0.29) is 58.0 Å². The number of aliphatic hydroxyl groups is 1. The predicted octanol–water partition coefficient (Wildman–Crippen LogP) is 4.92. The molecule has 11 nitrogen and oxygen atoms in total. The van der Waals surface area contributed by atoms with Gasteiger partial charge in [-0.05, 0) is 69.9 Å². The van der Waals surface area contributed by atoms with Gasteiger partial charge in [0.1, 0.15) is 28.5 Å². The van der Waals surface area contributed by atoms with Crippen molar-refractivity contribution in [3.8, 4) is 16.5 Å². The third-order valence-electron chi connectivity index (χ3n) is 9.06. The molecule has 240 valence electrons. The van der Waals surface area contributed by atoms with Crippen molar-refractivity contribution >= 4 is 27.5 Å². The van der Waals surface area contributed by atoms with Gasteiger partial charge < -0.3 is 24.1 Å². The number of aliphatic carboxylic acids is 1. The molecule has 1 aromatic carbocycles. The number of aryl methyl sites for hydroxylation is 1. The number of carboxylic acids is 1. The summed E-state index contributed by atoms with van der Waals surface area (Å²) in [7, 11) is 0. The Balaban J connectivity index is 1.53. The van der Waals surface area contributed by atoms with Gasteiger partial charge in [0, 0.05) is 5.56 Å². The Labute approximate surface area is 259 Å². The van der Waals surface area contributed by atoms with Gasteiger partial charge in [-0.2, -0.15) is 8.78 Å². The lowest BCUT2D eigenvalue weighted by Crippen LogP contribution is -2.52. The van der Waals surface area contributed by atoms with Crippen LogP contribution in [0.2, 0.25) is 0 Å². The largest absolute Gasteiger partial charge is 0.480 e. The summed E-state index contributed by atoms with van der Waals surface area (Å²) in [6.45, 7) is 0.828. The van der Waals surface area contributed by atoms with Gasteiger partial charge in [0.2, 0.25) is 5.89 Å². The number of aliphatic hydroxyl groups excluding tert-OH is 1. The Bertz CT molecular complexity index is 1830. The number of benzene rings is 1. The lowest BCUT2D eigenvalue weighted by Gasteiger charge is -2.28. The van der Waals surface area contributed by atoms with E-state index in [0.29, 0.717) is 40.7 Å². The third-order valence-corrected chi connectivity index (χ3v) is 10.4. The monoisotopic (exact) mass is 645 g/mol. The van der Waals surface area contributed by atoms with Crippen LogP contribution in [0.3, 0.4) is 0 Å². The van der Waals surface area contributed by atoms with Gasteiger partial charge in [0.05, 0.1) is 35.2 Å². The minimum atomic E-state index is -3.12. The number of fused-ring (bicyclic) bond motifs is 2. The second-order valence-corrected chi connectivity index (χ2v) is 13.3. The van der Waals surface area contributed by atoms with Gasteiger partial charge in [0.25, 0.3) is 5.56 Å². The molecule has 0 spiro atoms. The number of oxazole rings is 1. The van der Waals surface area contributed by atoms with E-state index >= 15 is 0 Å². The number of ether oxygens (including phenoxy) is 2. The van der Waals surface area contributed by atoms with E-state index in [1.54, 1.807) is 25.1 Å². The molecule has 0 amide bonds. The number of hydrogen-bond acceptors (Lipinski definition) is 9. The number of rotatable bonds is 10. The highest BCUT2D eigenvalue weighted by atomic mass is 32.1. The molecule has 0 bridgehead atoms. The van der Waals surface area contributed by atoms with E-state index < -0.39 is 35.5 Å². The fourth-order valence-corrected chi connectivity index (χ4v) is 8.08. The highest BCUT2D eigenvalue weighted by molar-refractivity contribution is 7.22. The minimum absolute atomic E-state index is 0.113. The van der Waals surface area contributed by atoms with Crippen LogP contribution in [0.5, 0.6) is 5.75 Å². The van der Waals surface area contributed by atoms with E-state index in [9.17, 15) is 33.4 Å². The van der Waals surface area contributed by atoms with Gasteiger partial charge in [-0.15, -0.1) is 11.3 Å². The molecule has 45 heavy (non-hydrogen) atoms. The Morgan fingerprint density at radius 3 is 2.49 bits per heavy atom. The number of hydrogen-bond donors (Lipinski definition) is 2. The molecule has 0 aliphatic heterocycles. The number of halogens is 2. The molecule has 0 saturated heterocycles. The Hall–Kier alpha value is -3.88. The number of para-hydroxylation sites is 1. The molecule has 2 N–H and O–H groups in total. The van der Waals surface area contributed by atoms with Crippen LogP contribution in [0.25, 0.3) is 21.0 Å². The number of nitrogens with zero attached hydrogens (tertiary/aromatic N) is 3. The number of aromatic nitrogens is 3. The molecule has 3 heterocycles. The van der Waals surface area contributed by atoms with Crippen LogP contribution in [-0.4, -0.2) is 49.1 Å². The average molecular weight is 646 g/mol. The first-order chi connectivity index (χ1) is 21.4. The maximum absolute atomic E-state index is 14.2. The van der Waals surface area contributed by atoms with Crippen molar-refractivity contribution in [2.75, 3.05) is 0 Å². The van der Waals surface area contributed by atoms with E-state index in [1.807, 2.05) is 0 Å². The van der Waals surface area contributed by atoms with Crippen LogP contribution in [0.15, 0.2) is 50.7 Å². The first-order valence-electron chi connectivity index (χ1n) is 14.7. The zero-order chi connectivity index (χ0) is 32.2. The van der Waals surface area contributed by atoms with Crippen molar-refractivity contribution < 1.29 is 37.7 Å². The maximum Gasteiger partial charge on any atom is 0.387 e. The van der Waals surface area contributed by atoms with Gasteiger partial charge in [-0.3, -0.25) is 9.36 Å². The molecule has 2 aliphatic carbocycles. The zero-order valence-corrected chi connectivity index (χ0v) is 25.6. The summed E-state index contributed by atoms with van der Waals surface area (Å²) < 4.78 is 45.9. The summed E-state index contributed by atoms with van der Waals surface area (Å²) >= 11 is 1.08. The Morgan fingerprint density at radius 2 is 1.87 bits per heavy atom. The van der Waals surface area contributed by atoms with Gasteiger partial charge in [0.15, 0.2) is 0 Å². The van der Waals surface area contributed by atoms with Crippen LogP contribution in [0.4, 0.5) is 8.78 Å². The second kappa shape index (κ2) is 11.8. The van der Waals surface area contributed by atoms with Crippen molar-refractivity contribution in [2.24, 2.45) is 11.8 Å². The highest BCUT2D eigenvalue weighted by Crippen LogP contribution is 2.47. The molecule has 2 aliphatic rings. The van der Waals surface area contributed by atoms with Crippen LogP contribution in [-0.2, 0) is 21.6 Å². The molecule has 2 saturated carbocycles. The second-order valence-electron chi connectivity index (χ2n) is 12.3.